The first-order valence-electron chi connectivity index (χ1n) is 4.71. The SMILES string of the molecule is COc1c(Cl)ncn(CCCC(F)(F)F)c1=O. The molecule has 1 aromatic rings. The van der Waals surface area contributed by atoms with Crippen molar-refractivity contribution < 1.29 is 17.9 Å². The van der Waals surface area contributed by atoms with E-state index in [1.165, 1.54) is 7.11 Å². The first-order chi connectivity index (χ1) is 7.85. The Morgan fingerprint density at radius 2 is 2.18 bits per heavy atom. The van der Waals surface area contributed by atoms with Crippen LogP contribution in [0.25, 0.3) is 0 Å². The second kappa shape index (κ2) is 5.39. The molecule has 17 heavy (non-hydrogen) atoms. The summed E-state index contributed by atoms with van der Waals surface area (Å²) in [5.74, 6) is -0.166. The maximum absolute atomic E-state index is 11.9. The molecule has 0 spiro atoms. The Morgan fingerprint density at radius 1 is 1.53 bits per heavy atom. The van der Waals surface area contributed by atoms with Gasteiger partial charge >= 0.3 is 6.18 Å². The zero-order valence-electron chi connectivity index (χ0n) is 8.92. The molecule has 0 aliphatic carbocycles. The molecule has 1 aromatic heterocycles. The average molecular weight is 271 g/mol. The number of halogens is 4. The van der Waals surface area contributed by atoms with Gasteiger partial charge < -0.3 is 4.74 Å². The molecule has 0 saturated carbocycles. The van der Waals surface area contributed by atoms with E-state index in [-0.39, 0.29) is 23.9 Å². The van der Waals surface area contributed by atoms with Crippen molar-refractivity contribution in [3.63, 3.8) is 0 Å². The largest absolute Gasteiger partial charge is 0.489 e. The van der Waals surface area contributed by atoms with E-state index < -0.39 is 18.2 Å². The lowest BCUT2D eigenvalue weighted by Crippen LogP contribution is -2.23. The number of hydrogen-bond donors (Lipinski definition) is 0. The van der Waals surface area contributed by atoms with Crippen molar-refractivity contribution in [3.05, 3.63) is 21.8 Å². The fraction of sp³-hybridized carbons (Fsp3) is 0.556. The summed E-state index contributed by atoms with van der Waals surface area (Å²) in [5.41, 5.74) is -0.588. The maximum atomic E-state index is 11.9. The fourth-order valence-corrected chi connectivity index (χ4v) is 1.43. The fourth-order valence-electron chi connectivity index (χ4n) is 1.23. The molecule has 0 radical (unpaired) electrons. The van der Waals surface area contributed by atoms with Gasteiger partial charge in [0.2, 0.25) is 5.75 Å². The Labute approximate surface area is 100.0 Å². The molecule has 0 saturated heterocycles. The topological polar surface area (TPSA) is 44.1 Å². The highest BCUT2D eigenvalue weighted by molar-refractivity contribution is 6.30. The van der Waals surface area contributed by atoms with E-state index in [4.69, 9.17) is 16.3 Å². The predicted molar refractivity (Wildman–Crippen MR) is 55.3 cm³/mol. The van der Waals surface area contributed by atoms with Gasteiger partial charge in [-0.15, -0.1) is 0 Å². The Morgan fingerprint density at radius 3 is 2.71 bits per heavy atom. The standard InChI is InChI=1S/C9H10ClF3N2O2/c1-17-6-7(10)14-5-15(8(6)16)4-2-3-9(11,12)13/h5H,2-4H2,1H3. The number of ether oxygens (including phenoxy) is 1. The molecule has 0 aliphatic heterocycles. The summed E-state index contributed by atoms with van der Waals surface area (Å²) in [6.45, 7) is -0.0845. The molecule has 8 heteroatoms. The summed E-state index contributed by atoms with van der Waals surface area (Å²) in [4.78, 5) is 15.3. The van der Waals surface area contributed by atoms with E-state index in [1.54, 1.807) is 0 Å². The third-order valence-electron chi connectivity index (χ3n) is 2.02. The number of hydrogen-bond acceptors (Lipinski definition) is 3. The van der Waals surface area contributed by atoms with Crippen LogP contribution in [0.3, 0.4) is 0 Å². The van der Waals surface area contributed by atoms with Crippen LogP contribution in [0.1, 0.15) is 12.8 Å². The van der Waals surface area contributed by atoms with E-state index >= 15 is 0 Å². The zero-order valence-corrected chi connectivity index (χ0v) is 9.68. The predicted octanol–water partition coefficient (Wildman–Crippen LogP) is 2.25. The van der Waals surface area contributed by atoms with Gasteiger partial charge in [-0.2, -0.15) is 13.2 Å². The van der Waals surface area contributed by atoms with Crippen LogP contribution < -0.4 is 10.3 Å². The Hall–Kier alpha value is -1.24. The van der Waals surface area contributed by atoms with E-state index in [0.29, 0.717) is 0 Å². The molecule has 0 bridgehead atoms. The minimum absolute atomic E-state index is 0.0845. The van der Waals surface area contributed by atoms with Crippen molar-refractivity contribution >= 4 is 11.6 Å². The van der Waals surface area contributed by atoms with Gasteiger partial charge in [0.1, 0.15) is 0 Å². The molecule has 0 aliphatic rings. The van der Waals surface area contributed by atoms with E-state index in [0.717, 1.165) is 10.9 Å². The van der Waals surface area contributed by atoms with Gasteiger partial charge in [-0.3, -0.25) is 9.36 Å². The Bertz CT molecular complexity index is 445. The van der Waals surface area contributed by atoms with Crippen molar-refractivity contribution in [2.75, 3.05) is 7.11 Å². The summed E-state index contributed by atoms with van der Waals surface area (Å²) in [6, 6.07) is 0. The molecule has 0 N–H and O–H groups in total. The molecular formula is C9H10ClF3N2O2. The summed E-state index contributed by atoms with van der Waals surface area (Å²) in [7, 11) is 1.24. The van der Waals surface area contributed by atoms with Gasteiger partial charge in [0.05, 0.1) is 13.4 Å². The molecule has 1 rings (SSSR count). The second-order valence-electron chi connectivity index (χ2n) is 3.29. The van der Waals surface area contributed by atoms with Crippen LogP contribution in [0.5, 0.6) is 5.75 Å². The average Bonchev–Trinajstić information content (AvgIpc) is 2.20. The van der Waals surface area contributed by atoms with Crippen LogP contribution in [-0.2, 0) is 6.54 Å². The van der Waals surface area contributed by atoms with Crippen molar-refractivity contribution in [1.29, 1.82) is 0 Å². The Kier molecular flexibility index (Phi) is 4.39. The number of rotatable bonds is 4. The summed E-state index contributed by atoms with van der Waals surface area (Å²) in [6.07, 6.45) is -4.28. The number of aromatic nitrogens is 2. The molecule has 0 amide bonds. The zero-order chi connectivity index (χ0) is 13.1. The summed E-state index contributed by atoms with van der Waals surface area (Å²) < 4.78 is 41.5. The van der Waals surface area contributed by atoms with E-state index in [1.807, 2.05) is 0 Å². The Balaban J connectivity index is 2.76. The van der Waals surface area contributed by atoms with Gasteiger partial charge in [0, 0.05) is 13.0 Å². The van der Waals surface area contributed by atoms with Gasteiger partial charge in [0.15, 0.2) is 5.15 Å². The molecular weight excluding hydrogens is 261 g/mol. The number of methoxy groups -OCH3 is 1. The van der Waals surface area contributed by atoms with Crippen LogP contribution in [0.2, 0.25) is 5.15 Å². The molecule has 0 fully saturated rings. The summed E-state index contributed by atoms with van der Waals surface area (Å²) in [5, 5.41) is -0.107. The first kappa shape index (κ1) is 13.8. The summed E-state index contributed by atoms with van der Waals surface area (Å²) >= 11 is 5.58. The van der Waals surface area contributed by atoms with Crippen LogP contribution in [0.4, 0.5) is 13.2 Å². The van der Waals surface area contributed by atoms with Gasteiger partial charge in [-0.25, -0.2) is 4.98 Å². The van der Waals surface area contributed by atoms with Crippen LogP contribution >= 0.6 is 11.6 Å². The second-order valence-corrected chi connectivity index (χ2v) is 3.64. The minimum Gasteiger partial charge on any atom is -0.489 e. The molecule has 0 unspecified atom stereocenters. The maximum Gasteiger partial charge on any atom is 0.389 e. The number of nitrogens with zero attached hydrogens (tertiary/aromatic N) is 2. The van der Waals surface area contributed by atoms with Gasteiger partial charge in [0.25, 0.3) is 5.56 Å². The normalized spacial score (nSPS) is 11.6. The highest BCUT2D eigenvalue weighted by Gasteiger charge is 2.26. The van der Waals surface area contributed by atoms with E-state index in [9.17, 15) is 18.0 Å². The van der Waals surface area contributed by atoms with Gasteiger partial charge in [-0.05, 0) is 6.42 Å². The highest BCUT2D eigenvalue weighted by Crippen LogP contribution is 2.21. The van der Waals surface area contributed by atoms with Gasteiger partial charge in [-0.1, -0.05) is 11.6 Å². The third-order valence-corrected chi connectivity index (χ3v) is 2.29. The minimum atomic E-state index is -4.23. The molecule has 1 heterocycles. The van der Waals surface area contributed by atoms with Crippen LogP contribution in [0.15, 0.2) is 11.1 Å². The molecule has 4 nitrogen and oxygen atoms in total. The van der Waals surface area contributed by atoms with Crippen LogP contribution in [-0.4, -0.2) is 22.8 Å². The number of aryl methyl sites for hydroxylation is 1. The molecule has 0 atom stereocenters. The quantitative estimate of drug-likeness (QED) is 0.788. The number of alkyl halides is 3. The van der Waals surface area contributed by atoms with Crippen molar-refractivity contribution in [3.8, 4) is 5.75 Å². The van der Waals surface area contributed by atoms with Crippen molar-refractivity contribution in [2.45, 2.75) is 25.6 Å². The highest BCUT2D eigenvalue weighted by atomic mass is 35.5. The van der Waals surface area contributed by atoms with Crippen LogP contribution in [0, 0.1) is 0 Å². The van der Waals surface area contributed by atoms with Crippen molar-refractivity contribution in [1.82, 2.24) is 9.55 Å². The smallest absolute Gasteiger partial charge is 0.389 e. The van der Waals surface area contributed by atoms with E-state index in [2.05, 4.69) is 4.98 Å². The first-order valence-corrected chi connectivity index (χ1v) is 5.08. The monoisotopic (exact) mass is 270 g/mol. The lowest BCUT2D eigenvalue weighted by molar-refractivity contribution is -0.135. The lowest BCUT2D eigenvalue weighted by atomic mass is 10.3. The van der Waals surface area contributed by atoms with Crippen molar-refractivity contribution in [2.24, 2.45) is 0 Å². The lowest BCUT2D eigenvalue weighted by Gasteiger charge is -2.09. The third kappa shape index (κ3) is 3.92. The molecule has 0 aromatic carbocycles. The molecule has 96 valence electrons.